The molecule has 0 spiro atoms. The molecule has 58 heavy (non-hydrogen) atoms. The molecule has 0 atom stereocenters. The van der Waals surface area contributed by atoms with Gasteiger partial charge >= 0.3 is 0 Å². The Hall–Kier alpha value is -7.48. The van der Waals surface area contributed by atoms with Gasteiger partial charge in [-0.25, -0.2) is 0 Å². The Bertz CT molecular complexity index is 3070. The van der Waals surface area contributed by atoms with Crippen molar-refractivity contribution in [3.63, 3.8) is 0 Å². The van der Waals surface area contributed by atoms with Crippen molar-refractivity contribution in [1.82, 2.24) is 0 Å². The van der Waals surface area contributed by atoms with Crippen LogP contribution < -0.4 is 4.90 Å². The Labute approximate surface area is 339 Å². The highest BCUT2D eigenvalue weighted by Gasteiger charge is 2.47. The minimum Gasteiger partial charge on any atom is -0.310 e. The molecule has 11 rings (SSSR count). The van der Waals surface area contributed by atoms with Crippen LogP contribution in [-0.2, 0) is 5.41 Å². The fraction of sp³-hybridized carbons (Fsp3) is 0.0175. The van der Waals surface area contributed by atoms with E-state index in [-0.39, 0.29) is 0 Å². The third kappa shape index (κ3) is 5.47. The van der Waals surface area contributed by atoms with E-state index in [1.807, 2.05) is 0 Å². The Morgan fingerprint density at radius 1 is 0.293 bits per heavy atom. The van der Waals surface area contributed by atoms with E-state index in [4.69, 9.17) is 0 Å². The maximum Gasteiger partial charge on any atom is 0.0714 e. The second kappa shape index (κ2) is 13.9. The molecule has 1 nitrogen and oxygen atoms in total. The molecule has 0 aliphatic heterocycles. The summed E-state index contributed by atoms with van der Waals surface area (Å²) in [6.07, 6.45) is 0. The van der Waals surface area contributed by atoms with Crippen molar-refractivity contribution >= 4 is 38.6 Å². The lowest BCUT2D eigenvalue weighted by atomic mass is 9.68. The molecule has 0 amide bonds. The summed E-state index contributed by atoms with van der Waals surface area (Å²) >= 11 is 0. The van der Waals surface area contributed by atoms with Crippen molar-refractivity contribution in [1.29, 1.82) is 0 Å². The molecule has 272 valence electrons. The van der Waals surface area contributed by atoms with Crippen LogP contribution in [0.4, 0.5) is 17.1 Å². The summed E-state index contributed by atoms with van der Waals surface area (Å²) in [5, 5.41) is 4.95. The van der Waals surface area contributed by atoms with E-state index >= 15 is 0 Å². The van der Waals surface area contributed by atoms with Gasteiger partial charge in [-0.1, -0.05) is 200 Å². The Balaban J connectivity index is 1.10. The van der Waals surface area contributed by atoms with Crippen LogP contribution in [0, 0.1) is 0 Å². The van der Waals surface area contributed by atoms with Crippen LogP contribution >= 0.6 is 0 Å². The highest BCUT2D eigenvalue weighted by molar-refractivity contribution is 5.99. The summed E-state index contributed by atoms with van der Waals surface area (Å²) in [6.45, 7) is 0. The first-order valence-electron chi connectivity index (χ1n) is 20.1. The zero-order valence-electron chi connectivity index (χ0n) is 32.0. The SMILES string of the molecule is c1ccc(C2(c3ccccc3)c3ccccc3-c3c(N(c4cccc(-c5ccc(-c6ccc7ccccc7c6)cc5)c4)c4ccc5ccccc5c4)cccc32)cc1. The van der Waals surface area contributed by atoms with E-state index in [1.54, 1.807) is 0 Å². The maximum absolute atomic E-state index is 2.47. The van der Waals surface area contributed by atoms with Gasteiger partial charge in [-0.05, 0) is 108 Å². The summed E-state index contributed by atoms with van der Waals surface area (Å²) in [4.78, 5) is 2.47. The Morgan fingerprint density at radius 3 is 1.48 bits per heavy atom. The van der Waals surface area contributed by atoms with E-state index < -0.39 is 5.41 Å². The molecule has 10 aromatic carbocycles. The van der Waals surface area contributed by atoms with Crippen molar-refractivity contribution in [3.05, 3.63) is 259 Å². The molecule has 1 heteroatoms. The molecule has 0 unspecified atom stereocenters. The molecule has 0 aromatic heterocycles. The van der Waals surface area contributed by atoms with Gasteiger partial charge in [0, 0.05) is 16.9 Å². The average Bonchev–Trinajstić information content (AvgIpc) is 3.61. The summed E-state index contributed by atoms with van der Waals surface area (Å²) in [5.74, 6) is 0. The predicted octanol–water partition coefficient (Wildman–Crippen LogP) is 15.2. The molecule has 1 aliphatic rings. The van der Waals surface area contributed by atoms with Crippen molar-refractivity contribution in [2.75, 3.05) is 4.90 Å². The predicted molar refractivity (Wildman–Crippen MR) is 244 cm³/mol. The molecule has 0 radical (unpaired) electrons. The van der Waals surface area contributed by atoms with Gasteiger partial charge in [0.25, 0.3) is 0 Å². The van der Waals surface area contributed by atoms with Crippen LogP contribution in [-0.4, -0.2) is 0 Å². The lowest BCUT2D eigenvalue weighted by Gasteiger charge is -2.34. The Morgan fingerprint density at radius 2 is 0.793 bits per heavy atom. The van der Waals surface area contributed by atoms with Gasteiger partial charge in [0.15, 0.2) is 0 Å². The fourth-order valence-corrected chi connectivity index (χ4v) is 9.45. The lowest BCUT2D eigenvalue weighted by Crippen LogP contribution is -2.28. The van der Waals surface area contributed by atoms with Gasteiger partial charge in [0.1, 0.15) is 0 Å². The molecular formula is C57H39N. The van der Waals surface area contributed by atoms with Gasteiger partial charge < -0.3 is 4.90 Å². The van der Waals surface area contributed by atoms with E-state index in [1.165, 1.54) is 77.2 Å². The average molecular weight is 738 g/mol. The number of benzene rings is 10. The topological polar surface area (TPSA) is 3.24 Å². The van der Waals surface area contributed by atoms with Crippen LogP contribution in [0.25, 0.3) is 54.9 Å². The van der Waals surface area contributed by atoms with Crippen molar-refractivity contribution in [3.8, 4) is 33.4 Å². The first-order valence-corrected chi connectivity index (χ1v) is 20.1. The standard InChI is InChI=1S/C57H39N/c1-3-20-48(21-4-1)57(49-22-5-2-6-23-49)53-26-12-11-25-52(53)56-54(57)27-14-28-55(56)58(51-36-35-41-16-8-10-18-45(41)39-51)50-24-13-19-46(38-50)42-29-31-43(32-30-42)47-34-33-40-15-7-9-17-44(40)37-47/h1-39H. The van der Waals surface area contributed by atoms with Gasteiger partial charge in [-0.2, -0.15) is 0 Å². The van der Waals surface area contributed by atoms with Crippen molar-refractivity contribution in [2.24, 2.45) is 0 Å². The number of fused-ring (bicyclic) bond motifs is 5. The number of nitrogens with zero attached hydrogens (tertiary/aromatic N) is 1. The van der Waals surface area contributed by atoms with Crippen LogP contribution in [0.5, 0.6) is 0 Å². The van der Waals surface area contributed by atoms with E-state index in [9.17, 15) is 0 Å². The van der Waals surface area contributed by atoms with Crippen LogP contribution in [0.1, 0.15) is 22.3 Å². The molecule has 0 saturated carbocycles. The number of hydrogen-bond acceptors (Lipinski definition) is 1. The molecule has 10 aromatic rings. The summed E-state index contributed by atoms with van der Waals surface area (Å²) in [7, 11) is 0. The largest absolute Gasteiger partial charge is 0.310 e. The number of rotatable bonds is 7. The zero-order chi connectivity index (χ0) is 38.5. The normalized spacial score (nSPS) is 12.6. The minimum atomic E-state index is -0.492. The van der Waals surface area contributed by atoms with Crippen LogP contribution in [0.3, 0.4) is 0 Å². The third-order valence-electron chi connectivity index (χ3n) is 12.1. The summed E-state index contributed by atoms with van der Waals surface area (Å²) in [5.41, 5.74) is 15.3. The fourth-order valence-electron chi connectivity index (χ4n) is 9.45. The van der Waals surface area contributed by atoms with Gasteiger partial charge in [-0.15, -0.1) is 0 Å². The second-order valence-corrected chi connectivity index (χ2v) is 15.3. The summed E-state index contributed by atoms with van der Waals surface area (Å²) < 4.78 is 0. The first-order chi connectivity index (χ1) is 28.8. The zero-order valence-corrected chi connectivity index (χ0v) is 32.0. The smallest absolute Gasteiger partial charge is 0.0714 e. The highest BCUT2D eigenvalue weighted by Crippen LogP contribution is 2.59. The third-order valence-corrected chi connectivity index (χ3v) is 12.1. The minimum absolute atomic E-state index is 0.492. The molecular weight excluding hydrogens is 699 g/mol. The van der Waals surface area contributed by atoms with Gasteiger partial charge in [-0.3, -0.25) is 0 Å². The quantitative estimate of drug-likeness (QED) is 0.157. The summed E-state index contributed by atoms with van der Waals surface area (Å²) in [6, 6.07) is 86.9. The molecule has 0 saturated heterocycles. The molecule has 0 heterocycles. The number of anilines is 3. The van der Waals surface area contributed by atoms with Crippen LogP contribution in [0.2, 0.25) is 0 Å². The molecule has 0 bridgehead atoms. The first kappa shape index (κ1) is 33.8. The van der Waals surface area contributed by atoms with Crippen LogP contribution in [0.15, 0.2) is 237 Å². The van der Waals surface area contributed by atoms with Gasteiger partial charge in [0.05, 0.1) is 11.1 Å². The van der Waals surface area contributed by atoms with Gasteiger partial charge in [0.2, 0.25) is 0 Å². The van der Waals surface area contributed by atoms with E-state index in [0.717, 1.165) is 17.1 Å². The lowest BCUT2D eigenvalue weighted by molar-refractivity contribution is 0.768. The molecule has 1 aliphatic carbocycles. The molecule has 0 fully saturated rings. The van der Waals surface area contributed by atoms with Crippen molar-refractivity contribution in [2.45, 2.75) is 5.41 Å². The van der Waals surface area contributed by atoms with E-state index in [0.29, 0.717) is 0 Å². The Kier molecular flexibility index (Phi) is 8.12. The number of hydrogen-bond donors (Lipinski definition) is 0. The maximum atomic E-state index is 2.47. The monoisotopic (exact) mass is 737 g/mol. The second-order valence-electron chi connectivity index (χ2n) is 15.3. The highest BCUT2D eigenvalue weighted by atomic mass is 15.1. The van der Waals surface area contributed by atoms with E-state index in [2.05, 4.69) is 241 Å². The van der Waals surface area contributed by atoms with Crippen molar-refractivity contribution < 1.29 is 0 Å². The molecule has 0 N–H and O–H groups in total.